The quantitative estimate of drug-likeness (QED) is 0.188. The van der Waals surface area contributed by atoms with Gasteiger partial charge in [0, 0.05) is 34.5 Å². The normalized spacial score (nSPS) is 12.7. The van der Waals surface area contributed by atoms with Gasteiger partial charge in [-0.05, 0) is 57.0 Å². The van der Waals surface area contributed by atoms with Gasteiger partial charge >= 0.3 is 6.09 Å². The van der Waals surface area contributed by atoms with Crippen LogP contribution in [-0.4, -0.2) is 39.8 Å². The van der Waals surface area contributed by atoms with Crippen molar-refractivity contribution >= 4 is 51.6 Å². The number of alkyl carbamates (subject to hydrolysis) is 1. The second-order valence-electron chi connectivity index (χ2n) is 9.56. The molecule has 0 bridgehead atoms. The number of hydrazone groups is 1. The molecule has 0 saturated heterocycles. The molecule has 2 heterocycles. The van der Waals surface area contributed by atoms with E-state index in [0.29, 0.717) is 5.56 Å². The molecule has 0 fully saturated rings. The summed E-state index contributed by atoms with van der Waals surface area (Å²) in [4.78, 5) is 33.1. The van der Waals surface area contributed by atoms with Gasteiger partial charge < -0.3 is 15.0 Å². The first-order chi connectivity index (χ1) is 17.1. The fourth-order valence-electron chi connectivity index (χ4n) is 3.78. The number of nitrogens with one attached hydrogen (secondary N) is 3. The summed E-state index contributed by atoms with van der Waals surface area (Å²) in [6.45, 7) is 7.26. The molecular weight excluding hydrogens is 478 g/mol. The highest BCUT2D eigenvalue weighted by molar-refractivity contribution is 6.32. The third kappa shape index (κ3) is 6.20. The average Bonchev–Trinajstić information content (AvgIpc) is 3.20. The van der Waals surface area contributed by atoms with Gasteiger partial charge in [-0.2, -0.15) is 5.10 Å². The Morgan fingerprint density at radius 3 is 2.75 bits per heavy atom. The van der Waals surface area contributed by atoms with Gasteiger partial charge in [-0.25, -0.2) is 15.2 Å². The number of aromatic nitrogens is 2. The molecule has 2 amide bonds. The molecule has 4 rings (SSSR count). The number of carbonyl (C=O) groups excluding carboxylic acids is 2. The van der Waals surface area contributed by atoms with Crippen molar-refractivity contribution < 1.29 is 14.3 Å². The zero-order chi connectivity index (χ0) is 25.9. The van der Waals surface area contributed by atoms with E-state index in [1.165, 1.54) is 6.21 Å². The smallest absolute Gasteiger partial charge is 0.408 e. The molecule has 0 saturated carbocycles. The molecule has 3 N–H and O–H groups in total. The summed E-state index contributed by atoms with van der Waals surface area (Å²) in [5.41, 5.74) is 6.04. The number of nitrogens with zero attached hydrogens (tertiary/aromatic N) is 2. The predicted molar refractivity (Wildman–Crippen MR) is 142 cm³/mol. The van der Waals surface area contributed by atoms with E-state index in [1.807, 2.05) is 61.7 Å². The zero-order valence-electron chi connectivity index (χ0n) is 20.6. The van der Waals surface area contributed by atoms with Crippen molar-refractivity contribution in [2.75, 3.05) is 0 Å². The topological polar surface area (TPSA) is 108 Å². The van der Waals surface area contributed by atoms with Gasteiger partial charge in [0.15, 0.2) is 0 Å². The van der Waals surface area contributed by atoms with E-state index < -0.39 is 23.6 Å². The Morgan fingerprint density at radius 1 is 1.19 bits per heavy atom. The highest BCUT2D eigenvalue weighted by Crippen LogP contribution is 2.21. The maximum absolute atomic E-state index is 13.1. The number of aryl methyl sites for hydroxylation is 1. The van der Waals surface area contributed by atoms with Crippen LogP contribution in [0, 0.1) is 6.92 Å². The van der Waals surface area contributed by atoms with Crippen molar-refractivity contribution in [2.24, 2.45) is 5.10 Å². The molecule has 1 atom stereocenters. The minimum atomic E-state index is -0.926. The molecule has 4 aromatic rings. The molecule has 2 aromatic heterocycles. The summed E-state index contributed by atoms with van der Waals surface area (Å²) < 4.78 is 5.36. The number of carbonyl (C=O) groups is 2. The largest absolute Gasteiger partial charge is 0.444 e. The van der Waals surface area contributed by atoms with Gasteiger partial charge in [0.1, 0.15) is 16.8 Å². The van der Waals surface area contributed by atoms with Gasteiger partial charge in [-0.1, -0.05) is 41.9 Å². The minimum absolute atomic E-state index is 0.238. The third-order valence-electron chi connectivity index (χ3n) is 5.44. The summed E-state index contributed by atoms with van der Waals surface area (Å²) in [7, 11) is 0. The first-order valence-electron chi connectivity index (χ1n) is 11.5. The van der Waals surface area contributed by atoms with Crippen LogP contribution in [0.5, 0.6) is 0 Å². The summed E-state index contributed by atoms with van der Waals surface area (Å²) >= 11 is 6.32. The monoisotopic (exact) mass is 505 g/mol. The first-order valence-corrected chi connectivity index (χ1v) is 11.9. The Bertz CT molecular complexity index is 1460. The second kappa shape index (κ2) is 10.4. The standard InChI is InChI=1S/C27H28ClN5O3/c1-16-9-10-17-12-19(24(28)31-22(17)11-16)15-30-33-25(34)23(32-26(35)36-27(2,3)4)13-18-14-29-21-8-6-5-7-20(18)21/h5-12,14-15,23,29H,13H2,1-4H3,(H,32,35)(H,33,34). The SMILES string of the molecule is Cc1ccc2cc(C=NNC(=O)C(Cc3c[nH]c4ccccc34)NC(=O)OC(C)(C)C)c(Cl)nc2c1. The number of H-pyrrole nitrogens is 1. The number of hydrogen-bond donors (Lipinski definition) is 3. The van der Waals surface area contributed by atoms with Gasteiger partial charge in [-0.15, -0.1) is 0 Å². The van der Waals surface area contributed by atoms with E-state index in [1.54, 1.807) is 20.8 Å². The Morgan fingerprint density at radius 2 is 1.97 bits per heavy atom. The molecule has 1 unspecified atom stereocenters. The van der Waals surface area contributed by atoms with E-state index in [-0.39, 0.29) is 11.6 Å². The summed E-state index contributed by atoms with van der Waals surface area (Å²) in [6, 6.07) is 14.6. The average molecular weight is 506 g/mol. The zero-order valence-corrected chi connectivity index (χ0v) is 21.3. The molecule has 186 valence electrons. The first kappa shape index (κ1) is 25.2. The summed E-state index contributed by atoms with van der Waals surface area (Å²) in [5.74, 6) is -0.497. The molecule has 9 heteroatoms. The number of rotatable bonds is 6. The van der Waals surface area contributed by atoms with E-state index in [9.17, 15) is 9.59 Å². The lowest BCUT2D eigenvalue weighted by atomic mass is 10.0. The van der Waals surface area contributed by atoms with Crippen molar-refractivity contribution in [1.82, 2.24) is 20.7 Å². The van der Waals surface area contributed by atoms with Crippen LogP contribution in [0.4, 0.5) is 4.79 Å². The van der Waals surface area contributed by atoms with Gasteiger partial charge in [-0.3, -0.25) is 4.79 Å². The summed E-state index contributed by atoms with van der Waals surface area (Å²) in [5, 5.41) is 8.88. The van der Waals surface area contributed by atoms with Crippen LogP contribution < -0.4 is 10.7 Å². The van der Waals surface area contributed by atoms with E-state index in [0.717, 1.165) is 32.9 Å². The highest BCUT2D eigenvalue weighted by atomic mass is 35.5. The minimum Gasteiger partial charge on any atom is -0.444 e. The number of benzene rings is 2. The number of para-hydroxylation sites is 1. The maximum atomic E-state index is 13.1. The van der Waals surface area contributed by atoms with Crippen LogP contribution in [0.3, 0.4) is 0 Å². The molecule has 0 aliphatic rings. The van der Waals surface area contributed by atoms with Crippen molar-refractivity contribution in [3.63, 3.8) is 0 Å². The molecular formula is C27H28ClN5O3. The van der Waals surface area contributed by atoms with E-state index >= 15 is 0 Å². The molecule has 2 aromatic carbocycles. The molecule has 0 aliphatic heterocycles. The number of pyridine rings is 1. The number of amides is 2. The number of aromatic amines is 1. The fourth-order valence-corrected chi connectivity index (χ4v) is 3.98. The number of ether oxygens (including phenoxy) is 1. The molecule has 0 spiro atoms. The highest BCUT2D eigenvalue weighted by Gasteiger charge is 2.25. The third-order valence-corrected chi connectivity index (χ3v) is 5.74. The van der Waals surface area contributed by atoms with Crippen LogP contribution in [0.15, 0.2) is 59.8 Å². The van der Waals surface area contributed by atoms with Crippen molar-refractivity contribution in [2.45, 2.75) is 45.8 Å². The molecule has 8 nitrogen and oxygen atoms in total. The van der Waals surface area contributed by atoms with Crippen LogP contribution in [0.25, 0.3) is 21.8 Å². The van der Waals surface area contributed by atoms with Gasteiger partial charge in [0.05, 0.1) is 11.7 Å². The molecule has 36 heavy (non-hydrogen) atoms. The van der Waals surface area contributed by atoms with Crippen molar-refractivity contribution in [3.8, 4) is 0 Å². The number of fused-ring (bicyclic) bond motifs is 2. The molecule has 0 aliphatic carbocycles. The van der Waals surface area contributed by atoms with Crippen LogP contribution >= 0.6 is 11.6 Å². The lowest BCUT2D eigenvalue weighted by Gasteiger charge is -2.22. The fraction of sp³-hybridized carbons (Fsp3) is 0.259. The Labute approximate surface area is 214 Å². The Kier molecular flexibility index (Phi) is 7.26. The molecule has 0 radical (unpaired) electrons. The van der Waals surface area contributed by atoms with Crippen LogP contribution in [0.1, 0.15) is 37.5 Å². The predicted octanol–water partition coefficient (Wildman–Crippen LogP) is 5.26. The maximum Gasteiger partial charge on any atom is 0.408 e. The Hall–Kier alpha value is -3.91. The van der Waals surface area contributed by atoms with Crippen molar-refractivity contribution in [3.05, 3.63) is 76.6 Å². The van der Waals surface area contributed by atoms with Gasteiger partial charge in [0.2, 0.25) is 0 Å². The van der Waals surface area contributed by atoms with E-state index in [4.69, 9.17) is 16.3 Å². The Balaban J connectivity index is 1.52. The second-order valence-corrected chi connectivity index (χ2v) is 9.92. The van der Waals surface area contributed by atoms with Crippen LogP contribution in [0.2, 0.25) is 5.15 Å². The lowest BCUT2D eigenvalue weighted by molar-refractivity contribution is -0.123. The van der Waals surface area contributed by atoms with Gasteiger partial charge in [0.25, 0.3) is 5.91 Å². The number of halogens is 1. The lowest BCUT2D eigenvalue weighted by Crippen LogP contribution is -2.48. The van der Waals surface area contributed by atoms with Crippen LogP contribution in [-0.2, 0) is 16.0 Å². The number of hydrogen-bond acceptors (Lipinski definition) is 5. The summed E-state index contributed by atoms with van der Waals surface area (Å²) in [6.07, 6.45) is 2.81. The van der Waals surface area contributed by atoms with E-state index in [2.05, 4.69) is 25.8 Å². The van der Waals surface area contributed by atoms with Crippen molar-refractivity contribution in [1.29, 1.82) is 0 Å².